The number of halogens is 1. The molecule has 3 aromatic rings. The van der Waals surface area contributed by atoms with Crippen LogP contribution in [0.15, 0.2) is 29.9 Å². The Morgan fingerprint density at radius 3 is 2.84 bits per heavy atom. The van der Waals surface area contributed by atoms with Gasteiger partial charge in [-0.2, -0.15) is 4.98 Å². The van der Waals surface area contributed by atoms with E-state index < -0.39 is 0 Å². The molecular weight excluding hydrogens is 448 g/mol. The third-order valence-electron chi connectivity index (χ3n) is 6.22. The van der Waals surface area contributed by atoms with E-state index in [1.165, 1.54) is 11.3 Å². The first-order valence-corrected chi connectivity index (χ1v) is 12.1. The fraction of sp³-hybridized carbons (Fsp3) is 0.455. The zero-order valence-corrected chi connectivity index (χ0v) is 19.5. The highest BCUT2D eigenvalue weighted by molar-refractivity contribution is 7.11. The van der Waals surface area contributed by atoms with Crippen molar-refractivity contribution >= 4 is 51.3 Å². The smallest absolute Gasteiger partial charge is 0.265 e. The van der Waals surface area contributed by atoms with Crippen LogP contribution < -0.4 is 9.80 Å². The number of thiazole rings is 1. The van der Waals surface area contributed by atoms with E-state index in [-0.39, 0.29) is 17.2 Å². The van der Waals surface area contributed by atoms with Crippen LogP contribution in [-0.4, -0.2) is 78.2 Å². The van der Waals surface area contributed by atoms with E-state index in [1.807, 2.05) is 11.9 Å². The Bertz CT molecular complexity index is 1110. The monoisotopic (exact) mass is 472 g/mol. The first-order chi connectivity index (χ1) is 15.6. The van der Waals surface area contributed by atoms with Gasteiger partial charge in [0.1, 0.15) is 10.7 Å². The van der Waals surface area contributed by atoms with E-state index in [9.17, 15) is 4.79 Å². The van der Waals surface area contributed by atoms with Gasteiger partial charge in [0.2, 0.25) is 5.28 Å². The molecule has 1 unspecified atom stereocenters. The number of carbonyl (C=O) groups is 1. The lowest BCUT2D eigenvalue weighted by molar-refractivity contribution is 0.0722. The Morgan fingerprint density at radius 1 is 1.22 bits per heavy atom. The quantitative estimate of drug-likeness (QED) is 0.539. The van der Waals surface area contributed by atoms with Gasteiger partial charge in [0.15, 0.2) is 0 Å². The topological polar surface area (TPSA) is 74.7 Å². The maximum Gasteiger partial charge on any atom is 0.265 e. The molecule has 168 valence electrons. The summed E-state index contributed by atoms with van der Waals surface area (Å²) in [5.74, 6) is 0.844. The van der Waals surface area contributed by atoms with Crippen molar-refractivity contribution in [2.75, 3.05) is 56.2 Å². The summed E-state index contributed by atoms with van der Waals surface area (Å²) in [4.78, 5) is 33.0. The van der Waals surface area contributed by atoms with Crippen molar-refractivity contribution < 1.29 is 9.53 Å². The summed E-state index contributed by atoms with van der Waals surface area (Å²) < 4.78 is 5.47. The molecule has 10 heteroatoms. The molecule has 5 rings (SSSR count). The molecule has 8 nitrogen and oxygen atoms in total. The Morgan fingerprint density at radius 2 is 2.06 bits per heavy atom. The minimum atomic E-state index is 0.0140. The molecule has 0 radical (unpaired) electrons. The summed E-state index contributed by atoms with van der Waals surface area (Å²) in [7, 11) is 1.87. The SMILES string of the molecule is CN(C(=O)c1cncs1)C1CCCN(c2nc(Cl)nc3cc(N4CCOCC4)ccc23)C1. The van der Waals surface area contributed by atoms with Crippen molar-refractivity contribution in [1.82, 2.24) is 19.9 Å². The first kappa shape index (κ1) is 21.4. The van der Waals surface area contributed by atoms with Crippen LogP contribution in [0.25, 0.3) is 10.9 Å². The largest absolute Gasteiger partial charge is 0.378 e. The van der Waals surface area contributed by atoms with Gasteiger partial charge < -0.3 is 19.4 Å². The fourth-order valence-electron chi connectivity index (χ4n) is 4.46. The second-order valence-electron chi connectivity index (χ2n) is 8.14. The van der Waals surface area contributed by atoms with Gasteiger partial charge in [-0.15, -0.1) is 11.3 Å². The van der Waals surface area contributed by atoms with Crippen LogP contribution >= 0.6 is 22.9 Å². The number of carbonyl (C=O) groups excluding carboxylic acids is 1. The summed E-state index contributed by atoms with van der Waals surface area (Å²) in [6.07, 6.45) is 3.56. The van der Waals surface area contributed by atoms with Gasteiger partial charge in [0.05, 0.1) is 30.4 Å². The van der Waals surface area contributed by atoms with Gasteiger partial charge in [0, 0.05) is 50.3 Å². The zero-order valence-electron chi connectivity index (χ0n) is 17.9. The van der Waals surface area contributed by atoms with Gasteiger partial charge in [-0.1, -0.05) is 0 Å². The zero-order chi connectivity index (χ0) is 22.1. The second kappa shape index (κ2) is 9.17. The lowest BCUT2D eigenvalue weighted by Gasteiger charge is -2.38. The molecule has 0 aliphatic carbocycles. The van der Waals surface area contributed by atoms with Crippen LogP contribution in [0.4, 0.5) is 11.5 Å². The highest BCUT2D eigenvalue weighted by atomic mass is 35.5. The molecule has 2 aliphatic rings. The lowest BCUT2D eigenvalue weighted by atomic mass is 10.0. The molecule has 0 saturated carbocycles. The minimum Gasteiger partial charge on any atom is -0.378 e. The number of rotatable bonds is 4. The fourth-order valence-corrected chi connectivity index (χ4v) is 5.23. The molecule has 1 aromatic carbocycles. The summed E-state index contributed by atoms with van der Waals surface area (Å²) in [5.41, 5.74) is 3.64. The average Bonchev–Trinajstić information content (AvgIpc) is 3.38. The highest BCUT2D eigenvalue weighted by Crippen LogP contribution is 2.31. The Balaban J connectivity index is 1.41. The first-order valence-electron chi connectivity index (χ1n) is 10.8. The standard InChI is InChI=1S/C22H25ClN6O2S/c1-27(21(30)19-12-24-14-32-19)16-3-2-6-29(13-16)20-17-5-4-15(28-7-9-31-10-8-28)11-18(17)25-22(23)26-20/h4-5,11-12,14,16H,2-3,6-10,13H2,1H3. The van der Waals surface area contributed by atoms with E-state index in [1.54, 1.807) is 11.7 Å². The number of likely N-dealkylation sites (N-methyl/N-ethyl adjacent to an activating group) is 1. The van der Waals surface area contributed by atoms with Crippen molar-refractivity contribution in [2.45, 2.75) is 18.9 Å². The maximum atomic E-state index is 12.8. The number of benzene rings is 1. The van der Waals surface area contributed by atoms with Crippen molar-refractivity contribution in [2.24, 2.45) is 0 Å². The number of hydrogen-bond donors (Lipinski definition) is 0. The molecule has 1 amide bonds. The number of piperidine rings is 1. The van der Waals surface area contributed by atoms with Crippen LogP contribution in [0.5, 0.6) is 0 Å². The molecule has 0 spiro atoms. The van der Waals surface area contributed by atoms with Crippen LogP contribution in [0.3, 0.4) is 0 Å². The highest BCUT2D eigenvalue weighted by Gasteiger charge is 2.29. The Kier molecular flexibility index (Phi) is 6.12. The average molecular weight is 473 g/mol. The summed E-state index contributed by atoms with van der Waals surface area (Å²) in [6, 6.07) is 6.38. The summed E-state index contributed by atoms with van der Waals surface area (Å²) in [5, 5.41) is 1.21. The molecule has 1 atom stereocenters. The number of fused-ring (bicyclic) bond motifs is 1. The molecule has 32 heavy (non-hydrogen) atoms. The lowest BCUT2D eigenvalue weighted by Crippen LogP contribution is -2.48. The Labute approximate surface area is 195 Å². The predicted molar refractivity (Wildman–Crippen MR) is 127 cm³/mol. The van der Waals surface area contributed by atoms with Crippen molar-refractivity contribution in [1.29, 1.82) is 0 Å². The molecule has 4 heterocycles. The number of nitrogens with zero attached hydrogens (tertiary/aromatic N) is 6. The maximum absolute atomic E-state index is 12.8. The van der Waals surface area contributed by atoms with Gasteiger partial charge in [0.25, 0.3) is 5.91 Å². The third kappa shape index (κ3) is 4.24. The van der Waals surface area contributed by atoms with Crippen LogP contribution in [0, 0.1) is 0 Å². The van der Waals surface area contributed by atoms with Crippen LogP contribution in [-0.2, 0) is 4.74 Å². The third-order valence-corrected chi connectivity index (χ3v) is 7.15. The number of aromatic nitrogens is 3. The second-order valence-corrected chi connectivity index (χ2v) is 9.37. The van der Waals surface area contributed by atoms with E-state index in [4.69, 9.17) is 16.3 Å². The van der Waals surface area contributed by atoms with Crippen molar-refractivity contribution in [3.05, 3.63) is 40.1 Å². The summed E-state index contributed by atoms with van der Waals surface area (Å²) >= 11 is 7.72. The van der Waals surface area contributed by atoms with E-state index in [2.05, 4.69) is 43.0 Å². The molecular formula is C22H25ClN6O2S. The van der Waals surface area contributed by atoms with Gasteiger partial charge >= 0.3 is 0 Å². The molecule has 2 saturated heterocycles. The number of hydrogen-bond acceptors (Lipinski definition) is 8. The normalized spacial score (nSPS) is 19.4. The number of ether oxygens (including phenoxy) is 1. The van der Waals surface area contributed by atoms with Gasteiger partial charge in [-0.3, -0.25) is 9.78 Å². The molecule has 2 aromatic heterocycles. The van der Waals surface area contributed by atoms with E-state index in [0.29, 0.717) is 11.4 Å². The van der Waals surface area contributed by atoms with Crippen molar-refractivity contribution in [3.63, 3.8) is 0 Å². The van der Waals surface area contributed by atoms with E-state index >= 15 is 0 Å². The van der Waals surface area contributed by atoms with Gasteiger partial charge in [-0.25, -0.2) is 4.98 Å². The Hall–Kier alpha value is -2.49. The number of amides is 1. The van der Waals surface area contributed by atoms with Crippen LogP contribution in [0.2, 0.25) is 5.28 Å². The minimum absolute atomic E-state index is 0.0140. The molecule has 2 aliphatic heterocycles. The number of anilines is 2. The molecule has 2 fully saturated rings. The molecule has 0 bridgehead atoms. The van der Waals surface area contributed by atoms with Crippen LogP contribution in [0.1, 0.15) is 22.5 Å². The summed E-state index contributed by atoms with van der Waals surface area (Å²) in [6.45, 7) is 4.77. The van der Waals surface area contributed by atoms with E-state index in [0.717, 1.165) is 68.1 Å². The molecule has 0 N–H and O–H groups in total. The predicted octanol–water partition coefficient (Wildman–Crippen LogP) is 3.32. The van der Waals surface area contributed by atoms with Gasteiger partial charge in [-0.05, 0) is 42.6 Å². The van der Waals surface area contributed by atoms with Crippen molar-refractivity contribution in [3.8, 4) is 0 Å². The number of morpholine rings is 1.